The number of nitrogens with zero attached hydrogens (tertiary/aromatic N) is 3. The van der Waals surface area contributed by atoms with E-state index in [2.05, 4.69) is 10.2 Å². The molecular formula is C28H30N4O5. The molecule has 9 heteroatoms. The van der Waals surface area contributed by atoms with Crippen molar-refractivity contribution in [3.63, 3.8) is 0 Å². The molecular weight excluding hydrogens is 472 g/mol. The Morgan fingerprint density at radius 1 is 0.919 bits per heavy atom. The van der Waals surface area contributed by atoms with Gasteiger partial charge >= 0.3 is 6.03 Å². The summed E-state index contributed by atoms with van der Waals surface area (Å²) in [5, 5.41) is 2.98. The van der Waals surface area contributed by atoms with Crippen molar-refractivity contribution in [1.82, 2.24) is 9.80 Å². The first kappa shape index (κ1) is 24.3. The van der Waals surface area contributed by atoms with E-state index in [0.29, 0.717) is 48.3 Å². The molecule has 1 saturated heterocycles. The number of piperazine rings is 1. The molecule has 1 atom stereocenters. The van der Waals surface area contributed by atoms with Crippen LogP contribution < -0.4 is 24.3 Å². The fourth-order valence-electron chi connectivity index (χ4n) is 4.60. The lowest BCUT2D eigenvalue weighted by Crippen LogP contribution is -2.56. The van der Waals surface area contributed by atoms with Gasteiger partial charge in [0.15, 0.2) is 5.75 Å². The van der Waals surface area contributed by atoms with Crippen LogP contribution >= 0.6 is 0 Å². The van der Waals surface area contributed by atoms with Gasteiger partial charge < -0.3 is 34.1 Å². The lowest BCUT2D eigenvalue weighted by Gasteiger charge is -2.41. The quantitative estimate of drug-likeness (QED) is 0.532. The van der Waals surface area contributed by atoms with E-state index < -0.39 is 0 Å². The Labute approximate surface area is 216 Å². The molecule has 192 valence electrons. The highest BCUT2D eigenvalue weighted by atomic mass is 16.5. The Morgan fingerprint density at radius 3 is 2.35 bits per heavy atom. The van der Waals surface area contributed by atoms with Crippen molar-refractivity contribution in [2.24, 2.45) is 4.99 Å². The largest absolute Gasteiger partial charge is 0.497 e. The number of urea groups is 1. The number of amides is 2. The van der Waals surface area contributed by atoms with Gasteiger partial charge in [-0.05, 0) is 37.3 Å². The zero-order valence-electron chi connectivity index (χ0n) is 21.4. The van der Waals surface area contributed by atoms with E-state index in [-0.39, 0.29) is 12.1 Å². The van der Waals surface area contributed by atoms with Crippen molar-refractivity contribution < 1.29 is 23.7 Å². The van der Waals surface area contributed by atoms with Crippen molar-refractivity contribution in [1.29, 1.82) is 0 Å². The molecule has 0 spiro atoms. The van der Waals surface area contributed by atoms with Gasteiger partial charge in [0, 0.05) is 49.6 Å². The zero-order valence-corrected chi connectivity index (χ0v) is 21.4. The summed E-state index contributed by atoms with van der Waals surface area (Å²) in [7, 11) is 4.80. The van der Waals surface area contributed by atoms with Crippen LogP contribution in [0.5, 0.6) is 28.7 Å². The number of carbonyl (C=O) groups is 1. The molecule has 0 saturated carbocycles. The molecule has 1 N–H and O–H groups in total. The highest BCUT2D eigenvalue weighted by Crippen LogP contribution is 2.39. The van der Waals surface area contributed by atoms with Crippen molar-refractivity contribution in [2.75, 3.05) is 46.3 Å². The van der Waals surface area contributed by atoms with Crippen LogP contribution in [0.1, 0.15) is 12.5 Å². The molecule has 37 heavy (non-hydrogen) atoms. The van der Waals surface area contributed by atoms with E-state index in [1.165, 1.54) is 0 Å². The van der Waals surface area contributed by atoms with E-state index >= 15 is 0 Å². The molecule has 3 aromatic carbocycles. The number of carbonyl (C=O) groups excluding carboxylic acids is 1. The van der Waals surface area contributed by atoms with Crippen LogP contribution in [-0.4, -0.2) is 68.7 Å². The molecule has 2 amide bonds. The third-order valence-corrected chi connectivity index (χ3v) is 6.53. The summed E-state index contributed by atoms with van der Waals surface area (Å²) in [6.07, 6.45) is 0. The number of aliphatic imine (C=N–C) groups is 1. The fourth-order valence-corrected chi connectivity index (χ4v) is 4.60. The van der Waals surface area contributed by atoms with Crippen molar-refractivity contribution in [2.45, 2.75) is 13.0 Å². The van der Waals surface area contributed by atoms with Crippen LogP contribution in [0.15, 0.2) is 65.7 Å². The maximum Gasteiger partial charge on any atom is 0.322 e. The van der Waals surface area contributed by atoms with Crippen molar-refractivity contribution >= 4 is 23.2 Å². The molecule has 3 aromatic rings. The molecule has 0 aromatic heterocycles. The Hall–Kier alpha value is -4.40. The SMILES string of the molecule is COc1cc(NC(=O)N2CCN(C3=Nc4ccccc4Oc4ccc(OC)cc43)CC2C)cc(OC)c1. The van der Waals surface area contributed by atoms with E-state index in [4.69, 9.17) is 23.9 Å². The summed E-state index contributed by atoms with van der Waals surface area (Å²) >= 11 is 0. The Kier molecular flexibility index (Phi) is 6.76. The summed E-state index contributed by atoms with van der Waals surface area (Å²) < 4.78 is 22.4. The van der Waals surface area contributed by atoms with Crippen molar-refractivity contribution in [3.8, 4) is 28.7 Å². The van der Waals surface area contributed by atoms with Gasteiger partial charge in [-0.25, -0.2) is 9.79 Å². The Balaban J connectivity index is 1.38. The molecule has 1 unspecified atom stereocenters. The molecule has 2 heterocycles. The van der Waals surface area contributed by atoms with Crippen molar-refractivity contribution in [3.05, 3.63) is 66.2 Å². The molecule has 9 nitrogen and oxygen atoms in total. The number of benzene rings is 3. The normalized spacial score (nSPS) is 16.4. The molecule has 2 aliphatic rings. The van der Waals surface area contributed by atoms with E-state index in [1.807, 2.05) is 54.3 Å². The maximum atomic E-state index is 13.2. The smallest absolute Gasteiger partial charge is 0.322 e. The van der Waals surface area contributed by atoms with Gasteiger partial charge in [0.2, 0.25) is 0 Å². The van der Waals surface area contributed by atoms with Crippen LogP contribution in [0, 0.1) is 0 Å². The summed E-state index contributed by atoms with van der Waals surface area (Å²) in [5.74, 6) is 4.14. The second-order valence-electron chi connectivity index (χ2n) is 8.89. The van der Waals surface area contributed by atoms with Gasteiger partial charge in [-0.15, -0.1) is 0 Å². The highest BCUT2D eigenvalue weighted by molar-refractivity contribution is 6.04. The minimum Gasteiger partial charge on any atom is -0.497 e. The van der Waals surface area contributed by atoms with E-state index in [0.717, 1.165) is 22.8 Å². The van der Waals surface area contributed by atoms with Gasteiger partial charge in [-0.3, -0.25) is 0 Å². The number of para-hydroxylation sites is 2. The molecule has 5 rings (SSSR count). The number of rotatable bonds is 4. The number of nitrogens with one attached hydrogen (secondary N) is 1. The zero-order chi connectivity index (χ0) is 25.9. The summed E-state index contributed by atoms with van der Waals surface area (Å²) in [6, 6.07) is 18.5. The summed E-state index contributed by atoms with van der Waals surface area (Å²) in [5.41, 5.74) is 2.22. The second kappa shape index (κ2) is 10.3. The van der Waals surface area contributed by atoms with Gasteiger partial charge in [-0.1, -0.05) is 12.1 Å². The number of anilines is 1. The van der Waals surface area contributed by atoms with Crippen LogP contribution in [0.4, 0.5) is 16.2 Å². The lowest BCUT2D eigenvalue weighted by atomic mass is 10.1. The average Bonchev–Trinajstić information content (AvgIpc) is 3.08. The molecule has 1 fully saturated rings. The third-order valence-electron chi connectivity index (χ3n) is 6.53. The number of hydrogen-bond acceptors (Lipinski definition) is 7. The molecule has 0 bridgehead atoms. The van der Waals surface area contributed by atoms with Gasteiger partial charge in [0.05, 0.1) is 26.9 Å². The van der Waals surface area contributed by atoms with Crippen LogP contribution in [0.3, 0.4) is 0 Å². The standard InChI is InChI=1S/C28H30N4O5/c1-18-17-31(11-12-32(18)28(33)29-19-13-21(35-3)15-22(14-19)36-4)27-23-16-20(34-2)9-10-25(23)37-26-8-6-5-7-24(26)30-27/h5-10,13-16,18H,11-12,17H2,1-4H3,(H,29,33). The number of amidine groups is 1. The Bertz CT molecular complexity index is 1320. The van der Waals surface area contributed by atoms with Gasteiger partial charge in [0.1, 0.15) is 34.5 Å². The van der Waals surface area contributed by atoms with Gasteiger partial charge in [0.25, 0.3) is 0 Å². The number of fused-ring (bicyclic) bond motifs is 2. The molecule has 0 radical (unpaired) electrons. The predicted octanol–water partition coefficient (Wildman–Crippen LogP) is 5.13. The van der Waals surface area contributed by atoms with Crippen LogP contribution in [-0.2, 0) is 0 Å². The molecule has 2 aliphatic heterocycles. The summed E-state index contributed by atoms with van der Waals surface area (Å²) in [4.78, 5) is 22.2. The number of methoxy groups -OCH3 is 3. The number of hydrogen-bond donors (Lipinski definition) is 1. The predicted molar refractivity (Wildman–Crippen MR) is 142 cm³/mol. The molecule has 0 aliphatic carbocycles. The monoisotopic (exact) mass is 502 g/mol. The first-order chi connectivity index (χ1) is 18.0. The minimum atomic E-state index is -0.180. The van der Waals surface area contributed by atoms with E-state index in [9.17, 15) is 4.79 Å². The van der Waals surface area contributed by atoms with Crippen LogP contribution in [0.2, 0.25) is 0 Å². The van der Waals surface area contributed by atoms with Gasteiger partial charge in [-0.2, -0.15) is 0 Å². The minimum absolute atomic E-state index is 0.0718. The van der Waals surface area contributed by atoms with E-state index in [1.54, 1.807) is 39.5 Å². The summed E-state index contributed by atoms with van der Waals surface area (Å²) in [6.45, 7) is 3.77. The first-order valence-corrected chi connectivity index (χ1v) is 12.1. The number of ether oxygens (including phenoxy) is 4. The van der Waals surface area contributed by atoms with Crippen LogP contribution in [0.25, 0.3) is 0 Å². The highest BCUT2D eigenvalue weighted by Gasteiger charge is 2.32. The first-order valence-electron chi connectivity index (χ1n) is 12.1. The average molecular weight is 503 g/mol. The third kappa shape index (κ3) is 4.97. The fraction of sp³-hybridized carbons (Fsp3) is 0.286. The Morgan fingerprint density at radius 2 is 1.65 bits per heavy atom. The topological polar surface area (TPSA) is 84.9 Å². The second-order valence-corrected chi connectivity index (χ2v) is 8.89. The lowest BCUT2D eigenvalue weighted by molar-refractivity contribution is 0.145. The maximum absolute atomic E-state index is 13.2.